The van der Waals surface area contributed by atoms with Crippen LogP contribution in [0, 0.1) is 10.8 Å². The van der Waals surface area contributed by atoms with Gasteiger partial charge in [0.15, 0.2) is 0 Å². The molecule has 0 aliphatic carbocycles. The smallest absolute Gasteiger partial charge is 0.0125 e. The zero-order valence-electron chi connectivity index (χ0n) is 11.9. The van der Waals surface area contributed by atoms with E-state index in [4.69, 9.17) is 0 Å². The minimum absolute atomic E-state index is 0.318. The molecule has 0 aromatic carbocycles. The number of fused-ring (bicyclic) bond motifs is 2. The lowest BCUT2D eigenvalue weighted by Gasteiger charge is -2.59. The van der Waals surface area contributed by atoms with Gasteiger partial charge in [0, 0.05) is 31.7 Å². The Morgan fingerprint density at radius 1 is 0.875 bits per heavy atom. The van der Waals surface area contributed by atoms with Gasteiger partial charge in [0.25, 0.3) is 0 Å². The highest BCUT2D eigenvalue weighted by atomic mass is 15.2. The Morgan fingerprint density at radius 2 is 1.31 bits per heavy atom. The standard InChI is InChI=1S/C14H28N2/c1-12(2,3)16-10-13(4)7-14(5,11-16)9-15(6)8-13/h7-11H2,1-6H3. The molecule has 2 saturated heterocycles. The third kappa shape index (κ3) is 2.28. The van der Waals surface area contributed by atoms with Crippen LogP contribution >= 0.6 is 0 Å². The summed E-state index contributed by atoms with van der Waals surface area (Å²) in [5.41, 5.74) is 1.30. The van der Waals surface area contributed by atoms with Crippen LogP contribution in [0.25, 0.3) is 0 Å². The van der Waals surface area contributed by atoms with Crippen LogP contribution < -0.4 is 0 Å². The van der Waals surface area contributed by atoms with Crippen LogP contribution in [0.5, 0.6) is 0 Å². The average Bonchev–Trinajstić information content (AvgIpc) is 1.94. The zero-order chi connectivity index (χ0) is 12.2. The van der Waals surface area contributed by atoms with Gasteiger partial charge in [-0.25, -0.2) is 0 Å². The summed E-state index contributed by atoms with van der Waals surface area (Å²) in [4.78, 5) is 5.23. The van der Waals surface area contributed by atoms with Gasteiger partial charge < -0.3 is 4.90 Å². The fourth-order valence-corrected chi connectivity index (χ4v) is 4.16. The lowest BCUT2D eigenvalue weighted by atomic mass is 9.65. The van der Waals surface area contributed by atoms with Crippen molar-refractivity contribution in [2.24, 2.45) is 10.8 Å². The molecular weight excluding hydrogens is 196 g/mol. The highest BCUT2D eigenvalue weighted by molar-refractivity contribution is 5.02. The van der Waals surface area contributed by atoms with Crippen LogP contribution in [-0.2, 0) is 0 Å². The molecule has 2 aliphatic heterocycles. The van der Waals surface area contributed by atoms with E-state index in [1.165, 1.54) is 32.6 Å². The molecule has 0 N–H and O–H groups in total. The monoisotopic (exact) mass is 224 g/mol. The number of rotatable bonds is 0. The van der Waals surface area contributed by atoms with Crippen LogP contribution in [0.4, 0.5) is 0 Å². The highest BCUT2D eigenvalue weighted by Crippen LogP contribution is 2.46. The second-order valence-corrected chi connectivity index (χ2v) is 8.00. The zero-order valence-corrected chi connectivity index (χ0v) is 11.9. The van der Waals surface area contributed by atoms with Gasteiger partial charge in [-0.1, -0.05) is 13.8 Å². The molecule has 0 aromatic heterocycles. The first kappa shape index (κ1) is 12.4. The molecule has 0 saturated carbocycles. The largest absolute Gasteiger partial charge is 0.305 e. The average molecular weight is 224 g/mol. The number of nitrogens with zero attached hydrogens (tertiary/aromatic N) is 2. The fourth-order valence-electron chi connectivity index (χ4n) is 4.16. The minimum atomic E-state index is 0.318. The maximum absolute atomic E-state index is 2.70. The predicted octanol–water partition coefficient (Wildman–Crippen LogP) is 2.45. The Kier molecular flexibility index (Phi) is 2.67. The van der Waals surface area contributed by atoms with Crippen molar-refractivity contribution in [1.29, 1.82) is 0 Å². The summed E-state index contributed by atoms with van der Waals surface area (Å²) in [7, 11) is 2.28. The molecule has 2 unspecified atom stereocenters. The van der Waals surface area contributed by atoms with Gasteiger partial charge in [0.1, 0.15) is 0 Å². The van der Waals surface area contributed by atoms with Crippen LogP contribution in [0.15, 0.2) is 0 Å². The van der Waals surface area contributed by atoms with Gasteiger partial charge >= 0.3 is 0 Å². The van der Waals surface area contributed by atoms with Gasteiger partial charge in [-0.3, -0.25) is 4.90 Å². The predicted molar refractivity (Wildman–Crippen MR) is 69.7 cm³/mol. The lowest BCUT2D eigenvalue weighted by molar-refractivity contribution is -0.0930. The Morgan fingerprint density at radius 3 is 1.69 bits per heavy atom. The molecule has 94 valence electrons. The summed E-state index contributed by atoms with van der Waals surface area (Å²) in [5.74, 6) is 0. The molecule has 16 heavy (non-hydrogen) atoms. The van der Waals surface area contributed by atoms with E-state index in [0.29, 0.717) is 16.4 Å². The SMILES string of the molecule is CN1CC2(C)CN(C(C)(C)C)CC(C)(C1)C2. The second-order valence-electron chi connectivity index (χ2n) is 8.00. The molecule has 2 heterocycles. The molecule has 0 spiro atoms. The van der Waals surface area contributed by atoms with Crippen molar-refractivity contribution in [2.45, 2.75) is 46.6 Å². The Bertz CT molecular complexity index is 261. The maximum Gasteiger partial charge on any atom is 0.0125 e. The first-order chi connectivity index (χ1) is 7.12. The van der Waals surface area contributed by atoms with Crippen molar-refractivity contribution < 1.29 is 0 Å². The van der Waals surface area contributed by atoms with E-state index in [1.54, 1.807) is 0 Å². The molecule has 2 aliphatic rings. The molecule has 2 rings (SSSR count). The van der Waals surface area contributed by atoms with Gasteiger partial charge in [0.05, 0.1) is 0 Å². The summed E-state index contributed by atoms with van der Waals surface area (Å²) >= 11 is 0. The molecule has 2 heteroatoms. The van der Waals surface area contributed by atoms with Gasteiger partial charge in [-0.2, -0.15) is 0 Å². The van der Waals surface area contributed by atoms with E-state index in [1.807, 2.05) is 0 Å². The third-order valence-electron chi connectivity index (χ3n) is 4.25. The maximum atomic E-state index is 2.70. The molecular formula is C14H28N2. The van der Waals surface area contributed by atoms with Crippen molar-refractivity contribution in [3.8, 4) is 0 Å². The molecule has 2 atom stereocenters. The summed E-state index contributed by atoms with van der Waals surface area (Å²) < 4.78 is 0. The Hall–Kier alpha value is -0.0800. The van der Waals surface area contributed by atoms with E-state index in [-0.39, 0.29) is 0 Å². The summed E-state index contributed by atoms with van der Waals surface area (Å²) in [6.07, 6.45) is 1.40. The van der Waals surface area contributed by atoms with Crippen LogP contribution in [0.1, 0.15) is 41.0 Å². The molecule has 0 amide bonds. The molecule has 2 fully saturated rings. The summed E-state index contributed by atoms with van der Waals surface area (Å²) in [5, 5.41) is 0. The highest BCUT2D eigenvalue weighted by Gasteiger charge is 2.49. The molecule has 2 bridgehead atoms. The van der Waals surface area contributed by atoms with Crippen molar-refractivity contribution in [3.05, 3.63) is 0 Å². The normalized spacial score (nSPS) is 42.4. The Labute approximate surface area is 101 Å². The van der Waals surface area contributed by atoms with Crippen molar-refractivity contribution in [2.75, 3.05) is 33.2 Å². The quantitative estimate of drug-likeness (QED) is 0.623. The topological polar surface area (TPSA) is 6.48 Å². The van der Waals surface area contributed by atoms with Crippen molar-refractivity contribution in [3.63, 3.8) is 0 Å². The number of piperidine rings is 2. The van der Waals surface area contributed by atoms with Crippen LogP contribution in [0.3, 0.4) is 0 Å². The third-order valence-corrected chi connectivity index (χ3v) is 4.25. The Balaban J connectivity index is 2.23. The van der Waals surface area contributed by atoms with E-state index in [2.05, 4.69) is 51.5 Å². The fraction of sp³-hybridized carbons (Fsp3) is 1.00. The van der Waals surface area contributed by atoms with E-state index >= 15 is 0 Å². The van der Waals surface area contributed by atoms with Gasteiger partial charge in [0.2, 0.25) is 0 Å². The number of hydrogen-bond donors (Lipinski definition) is 0. The van der Waals surface area contributed by atoms with Gasteiger partial charge in [-0.05, 0) is 45.1 Å². The van der Waals surface area contributed by atoms with Crippen molar-refractivity contribution >= 4 is 0 Å². The molecule has 2 nitrogen and oxygen atoms in total. The first-order valence-electron chi connectivity index (χ1n) is 6.56. The van der Waals surface area contributed by atoms with Crippen LogP contribution in [0.2, 0.25) is 0 Å². The lowest BCUT2D eigenvalue weighted by Crippen LogP contribution is -2.64. The van der Waals surface area contributed by atoms with E-state index in [0.717, 1.165) is 0 Å². The number of likely N-dealkylation sites (tertiary alicyclic amines) is 2. The number of hydrogen-bond acceptors (Lipinski definition) is 2. The minimum Gasteiger partial charge on any atom is -0.305 e. The van der Waals surface area contributed by atoms with E-state index in [9.17, 15) is 0 Å². The molecule has 0 aromatic rings. The molecule has 0 radical (unpaired) electrons. The first-order valence-corrected chi connectivity index (χ1v) is 6.56. The van der Waals surface area contributed by atoms with Gasteiger partial charge in [-0.15, -0.1) is 0 Å². The summed E-state index contributed by atoms with van der Waals surface area (Å²) in [6, 6.07) is 0. The van der Waals surface area contributed by atoms with Crippen molar-refractivity contribution in [1.82, 2.24) is 9.80 Å². The second kappa shape index (κ2) is 3.46. The van der Waals surface area contributed by atoms with E-state index < -0.39 is 0 Å². The summed E-state index contributed by atoms with van der Waals surface area (Å²) in [6.45, 7) is 17.0. The van der Waals surface area contributed by atoms with Crippen LogP contribution in [-0.4, -0.2) is 48.6 Å².